The number of hydrogen-bond acceptors (Lipinski definition) is 4. The number of nitrogens with two attached hydrogens (primary N) is 1. The van der Waals surface area contributed by atoms with Gasteiger partial charge in [0.25, 0.3) is 0 Å². The van der Waals surface area contributed by atoms with E-state index in [-0.39, 0.29) is 0 Å². The van der Waals surface area contributed by atoms with Gasteiger partial charge in [0.15, 0.2) is 0 Å². The zero-order chi connectivity index (χ0) is 12.3. The second kappa shape index (κ2) is 5.25. The first kappa shape index (κ1) is 12.0. The fourth-order valence-electron chi connectivity index (χ4n) is 1.45. The molecule has 0 aliphatic heterocycles. The molecule has 0 atom stereocenters. The van der Waals surface area contributed by atoms with Crippen molar-refractivity contribution in [2.24, 2.45) is 5.73 Å². The van der Waals surface area contributed by atoms with Crippen LogP contribution in [0.2, 0.25) is 0 Å². The molecule has 17 heavy (non-hydrogen) atoms. The van der Waals surface area contributed by atoms with Crippen LogP contribution in [0.25, 0.3) is 0 Å². The molecule has 4 nitrogen and oxygen atoms in total. The zero-order valence-corrected chi connectivity index (χ0v) is 11.1. The lowest BCUT2D eigenvalue weighted by atomic mass is 10.2. The number of benzene rings is 1. The van der Waals surface area contributed by atoms with Crippen LogP contribution in [0.1, 0.15) is 5.56 Å². The Kier molecular flexibility index (Phi) is 3.71. The molecule has 0 fully saturated rings. The minimum absolute atomic E-state index is 0.554. The number of anilines is 2. The Balaban J connectivity index is 2.23. The third-order valence-electron chi connectivity index (χ3n) is 2.47. The first-order chi connectivity index (χ1) is 8.20. The normalized spacial score (nSPS) is 10.3. The van der Waals surface area contributed by atoms with Crippen molar-refractivity contribution in [2.75, 3.05) is 11.9 Å². The quantitative estimate of drug-likeness (QED) is 0.944. The molecule has 0 bridgehead atoms. The van der Waals surface area contributed by atoms with E-state index in [1.807, 2.05) is 36.2 Å². The Hall–Kier alpha value is -1.46. The van der Waals surface area contributed by atoms with Crippen molar-refractivity contribution >= 4 is 27.6 Å². The highest BCUT2D eigenvalue weighted by Crippen LogP contribution is 2.20. The zero-order valence-electron chi connectivity index (χ0n) is 9.47. The van der Waals surface area contributed by atoms with Crippen molar-refractivity contribution < 1.29 is 0 Å². The highest BCUT2D eigenvalue weighted by atomic mass is 79.9. The van der Waals surface area contributed by atoms with E-state index in [1.165, 1.54) is 0 Å². The lowest BCUT2D eigenvalue weighted by molar-refractivity contribution is 1.03. The number of rotatable bonds is 3. The highest BCUT2D eigenvalue weighted by Gasteiger charge is 2.06. The Labute approximate surface area is 109 Å². The predicted octanol–water partition coefficient (Wildman–Crippen LogP) is 2.47. The lowest BCUT2D eigenvalue weighted by Gasteiger charge is -2.17. The van der Waals surface area contributed by atoms with Crippen LogP contribution < -0.4 is 10.6 Å². The van der Waals surface area contributed by atoms with Gasteiger partial charge in [-0.3, -0.25) is 0 Å². The van der Waals surface area contributed by atoms with Gasteiger partial charge in [-0.05, 0) is 33.6 Å². The average Bonchev–Trinajstić information content (AvgIpc) is 2.39. The fourth-order valence-corrected chi connectivity index (χ4v) is 1.65. The van der Waals surface area contributed by atoms with Crippen LogP contribution in [0.4, 0.5) is 11.6 Å². The topological polar surface area (TPSA) is 55.0 Å². The van der Waals surface area contributed by atoms with E-state index in [0.29, 0.717) is 12.5 Å². The van der Waals surface area contributed by atoms with Crippen LogP contribution in [0.15, 0.2) is 41.1 Å². The third kappa shape index (κ3) is 2.81. The Morgan fingerprint density at radius 3 is 2.29 bits per heavy atom. The number of halogens is 1. The van der Waals surface area contributed by atoms with Crippen molar-refractivity contribution in [1.29, 1.82) is 0 Å². The Bertz CT molecular complexity index is 481. The molecular formula is C12H13BrN4. The van der Waals surface area contributed by atoms with Crippen LogP contribution in [-0.4, -0.2) is 17.0 Å². The molecule has 2 N–H and O–H groups in total. The maximum Gasteiger partial charge on any atom is 0.229 e. The molecule has 0 saturated carbocycles. The summed E-state index contributed by atoms with van der Waals surface area (Å²) in [7, 11) is 1.93. The molecule has 1 heterocycles. The maximum absolute atomic E-state index is 5.56. The van der Waals surface area contributed by atoms with Crippen molar-refractivity contribution in [1.82, 2.24) is 9.97 Å². The SMILES string of the molecule is CN(c1ccc(CN)cc1)c1ncc(Br)cn1. The number of nitrogens with zero attached hydrogens (tertiary/aromatic N) is 3. The molecule has 0 saturated heterocycles. The van der Waals surface area contributed by atoms with E-state index in [0.717, 1.165) is 15.7 Å². The van der Waals surface area contributed by atoms with Gasteiger partial charge in [0, 0.05) is 31.7 Å². The van der Waals surface area contributed by atoms with Gasteiger partial charge in [0.1, 0.15) is 0 Å². The summed E-state index contributed by atoms with van der Waals surface area (Å²) in [6.45, 7) is 0.554. The van der Waals surface area contributed by atoms with E-state index < -0.39 is 0 Å². The van der Waals surface area contributed by atoms with Crippen LogP contribution in [0, 0.1) is 0 Å². The Morgan fingerprint density at radius 2 is 1.76 bits per heavy atom. The molecule has 1 aromatic heterocycles. The van der Waals surface area contributed by atoms with Crippen LogP contribution in [0.3, 0.4) is 0 Å². The standard InChI is InChI=1S/C12H13BrN4/c1-17(12-15-7-10(13)8-16-12)11-4-2-9(6-14)3-5-11/h2-5,7-8H,6,14H2,1H3. The molecule has 0 aliphatic rings. The second-order valence-corrected chi connectivity index (χ2v) is 4.55. The molecule has 0 radical (unpaired) electrons. The van der Waals surface area contributed by atoms with E-state index in [2.05, 4.69) is 25.9 Å². The molecule has 0 spiro atoms. The molecule has 0 unspecified atom stereocenters. The summed E-state index contributed by atoms with van der Waals surface area (Å²) < 4.78 is 0.869. The molecule has 1 aromatic carbocycles. The summed E-state index contributed by atoms with van der Waals surface area (Å²) in [5, 5.41) is 0. The van der Waals surface area contributed by atoms with Gasteiger partial charge in [0.2, 0.25) is 5.95 Å². The maximum atomic E-state index is 5.56. The smallest absolute Gasteiger partial charge is 0.229 e. The van der Waals surface area contributed by atoms with Gasteiger partial charge in [0.05, 0.1) is 4.47 Å². The van der Waals surface area contributed by atoms with Crippen molar-refractivity contribution in [2.45, 2.75) is 6.54 Å². The van der Waals surface area contributed by atoms with Gasteiger partial charge in [-0.1, -0.05) is 12.1 Å². The summed E-state index contributed by atoms with van der Waals surface area (Å²) in [5.41, 5.74) is 7.70. The molecule has 0 aliphatic carbocycles. The minimum atomic E-state index is 0.554. The lowest BCUT2D eigenvalue weighted by Crippen LogP contribution is -2.12. The molecule has 2 aromatic rings. The van der Waals surface area contributed by atoms with Gasteiger partial charge in [-0.25, -0.2) is 9.97 Å². The van der Waals surface area contributed by atoms with Crippen molar-refractivity contribution in [3.63, 3.8) is 0 Å². The van der Waals surface area contributed by atoms with Crippen molar-refractivity contribution in [3.8, 4) is 0 Å². The number of hydrogen-bond donors (Lipinski definition) is 1. The molecule has 0 amide bonds. The fraction of sp³-hybridized carbons (Fsp3) is 0.167. The minimum Gasteiger partial charge on any atom is -0.326 e. The Morgan fingerprint density at radius 1 is 1.18 bits per heavy atom. The monoisotopic (exact) mass is 292 g/mol. The first-order valence-corrected chi connectivity index (χ1v) is 6.00. The molecule has 88 valence electrons. The molecular weight excluding hydrogens is 280 g/mol. The average molecular weight is 293 g/mol. The van der Waals surface area contributed by atoms with Gasteiger partial charge in [-0.2, -0.15) is 0 Å². The van der Waals surface area contributed by atoms with E-state index in [1.54, 1.807) is 12.4 Å². The summed E-state index contributed by atoms with van der Waals surface area (Å²) in [4.78, 5) is 10.4. The molecule has 5 heteroatoms. The summed E-state index contributed by atoms with van der Waals surface area (Å²) in [5.74, 6) is 0.661. The van der Waals surface area contributed by atoms with Crippen LogP contribution >= 0.6 is 15.9 Å². The van der Waals surface area contributed by atoms with E-state index in [9.17, 15) is 0 Å². The first-order valence-electron chi connectivity index (χ1n) is 5.21. The third-order valence-corrected chi connectivity index (χ3v) is 2.88. The van der Waals surface area contributed by atoms with Gasteiger partial charge < -0.3 is 10.6 Å². The largest absolute Gasteiger partial charge is 0.326 e. The summed E-state index contributed by atoms with van der Waals surface area (Å²) >= 11 is 3.31. The van der Waals surface area contributed by atoms with E-state index in [4.69, 9.17) is 5.73 Å². The van der Waals surface area contributed by atoms with Crippen LogP contribution in [0.5, 0.6) is 0 Å². The van der Waals surface area contributed by atoms with Crippen LogP contribution in [-0.2, 0) is 6.54 Å². The molecule has 2 rings (SSSR count). The second-order valence-electron chi connectivity index (χ2n) is 3.63. The predicted molar refractivity (Wildman–Crippen MR) is 72.1 cm³/mol. The number of aromatic nitrogens is 2. The van der Waals surface area contributed by atoms with Gasteiger partial charge in [-0.15, -0.1) is 0 Å². The highest BCUT2D eigenvalue weighted by molar-refractivity contribution is 9.10. The summed E-state index contributed by atoms with van der Waals surface area (Å²) in [6, 6.07) is 8.02. The van der Waals surface area contributed by atoms with Gasteiger partial charge >= 0.3 is 0 Å². The summed E-state index contributed by atoms with van der Waals surface area (Å²) in [6.07, 6.45) is 3.46. The van der Waals surface area contributed by atoms with Crippen molar-refractivity contribution in [3.05, 3.63) is 46.7 Å². The van der Waals surface area contributed by atoms with E-state index >= 15 is 0 Å².